The molecule has 1 saturated carbocycles. The van der Waals surface area contributed by atoms with Crippen LogP contribution < -0.4 is 5.32 Å². The topological polar surface area (TPSA) is 71.5 Å². The van der Waals surface area contributed by atoms with Gasteiger partial charge in [-0.1, -0.05) is 0 Å². The van der Waals surface area contributed by atoms with Crippen LogP contribution in [0.1, 0.15) is 41.0 Å². The van der Waals surface area contributed by atoms with Crippen molar-refractivity contribution in [2.45, 2.75) is 33.1 Å². The van der Waals surface area contributed by atoms with E-state index in [1.807, 2.05) is 13.0 Å². The number of pyridine rings is 1. The van der Waals surface area contributed by atoms with Crippen LogP contribution in [-0.2, 0) is 4.74 Å². The van der Waals surface area contributed by atoms with Gasteiger partial charge in [0.15, 0.2) is 0 Å². The smallest absolute Gasteiger partial charge is 0.339 e. The van der Waals surface area contributed by atoms with Crippen LogP contribution in [0.15, 0.2) is 6.07 Å². The Bertz CT molecular complexity index is 510. The molecular formula is C15H22N2O3. The van der Waals surface area contributed by atoms with Crippen molar-refractivity contribution >= 4 is 11.7 Å². The quantitative estimate of drug-likeness (QED) is 0.802. The third-order valence-corrected chi connectivity index (χ3v) is 3.99. The summed E-state index contributed by atoms with van der Waals surface area (Å²) in [5.41, 5.74) is 2.61. The first-order valence-electron chi connectivity index (χ1n) is 6.92. The molecule has 1 aliphatic carbocycles. The van der Waals surface area contributed by atoms with Gasteiger partial charge in [0, 0.05) is 26.0 Å². The number of carboxylic acids is 1. The fourth-order valence-corrected chi connectivity index (χ4v) is 2.53. The summed E-state index contributed by atoms with van der Waals surface area (Å²) in [4.78, 5) is 15.6. The molecule has 1 aliphatic rings. The van der Waals surface area contributed by atoms with Gasteiger partial charge < -0.3 is 15.2 Å². The molecule has 0 unspecified atom stereocenters. The van der Waals surface area contributed by atoms with Crippen molar-refractivity contribution in [3.05, 3.63) is 23.0 Å². The minimum Gasteiger partial charge on any atom is -0.478 e. The lowest BCUT2D eigenvalue weighted by molar-refractivity contribution is 0.0696. The van der Waals surface area contributed by atoms with Crippen molar-refractivity contribution < 1.29 is 14.6 Å². The van der Waals surface area contributed by atoms with Gasteiger partial charge >= 0.3 is 5.97 Å². The van der Waals surface area contributed by atoms with Crippen LogP contribution in [-0.4, -0.2) is 36.3 Å². The first-order chi connectivity index (χ1) is 9.47. The highest BCUT2D eigenvalue weighted by atomic mass is 16.5. The number of nitrogens with zero attached hydrogens (tertiary/aromatic N) is 1. The van der Waals surface area contributed by atoms with Gasteiger partial charge in [0.25, 0.3) is 0 Å². The van der Waals surface area contributed by atoms with Crippen LogP contribution >= 0.6 is 0 Å². The summed E-state index contributed by atoms with van der Waals surface area (Å²) < 4.78 is 5.14. The van der Waals surface area contributed by atoms with Crippen LogP contribution in [0.5, 0.6) is 0 Å². The van der Waals surface area contributed by atoms with E-state index in [-0.39, 0.29) is 11.0 Å². The fourth-order valence-electron chi connectivity index (χ4n) is 2.53. The lowest BCUT2D eigenvalue weighted by Gasteiger charge is -2.18. The number of aromatic nitrogens is 1. The van der Waals surface area contributed by atoms with Crippen molar-refractivity contribution in [1.82, 2.24) is 4.98 Å². The first kappa shape index (κ1) is 14.8. The molecule has 1 heterocycles. The van der Waals surface area contributed by atoms with Crippen molar-refractivity contribution in [2.24, 2.45) is 5.41 Å². The molecule has 0 amide bonds. The minimum atomic E-state index is -0.931. The molecule has 0 radical (unpaired) electrons. The van der Waals surface area contributed by atoms with Gasteiger partial charge in [0.05, 0.1) is 11.4 Å². The monoisotopic (exact) mass is 278 g/mol. The zero-order chi connectivity index (χ0) is 14.8. The molecule has 0 saturated heterocycles. The number of methoxy groups -OCH3 is 1. The van der Waals surface area contributed by atoms with E-state index in [9.17, 15) is 9.90 Å². The van der Waals surface area contributed by atoms with Gasteiger partial charge in [-0.3, -0.25) is 4.98 Å². The summed E-state index contributed by atoms with van der Waals surface area (Å²) >= 11 is 0. The van der Waals surface area contributed by atoms with E-state index in [1.165, 1.54) is 12.8 Å². The highest BCUT2D eigenvalue weighted by molar-refractivity contribution is 5.95. The molecule has 1 aromatic heterocycles. The zero-order valence-corrected chi connectivity index (χ0v) is 12.3. The molecule has 0 aromatic carbocycles. The predicted molar refractivity (Wildman–Crippen MR) is 77.3 cm³/mol. The number of carboxylic acid groups (broad SMARTS) is 1. The molecule has 5 heteroatoms. The number of anilines is 1. The highest BCUT2D eigenvalue weighted by Crippen LogP contribution is 2.48. The maximum Gasteiger partial charge on any atom is 0.339 e. The van der Waals surface area contributed by atoms with Crippen LogP contribution in [0.25, 0.3) is 0 Å². The van der Waals surface area contributed by atoms with Crippen LogP contribution in [0.2, 0.25) is 0 Å². The van der Waals surface area contributed by atoms with Gasteiger partial charge in [-0.05, 0) is 44.6 Å². The Labute approximate surface area is 119 Å². The number of nitrogens with one attached hydrogen (secondary N) is 1. The Morgan fingerprint density at radius 1 is 1.50 bits per heavy atom. The normalized spacial score (nSPS) is 15.9. The lowest BCUT2D eigenvalue weighted by Crippen LogP contribution is -2.19. The molecule has 0 spiro atoms. The Morgan fingerprint density at radius 3 is 2.75 bits per heavy atom. The second-order valence-corrected chi connectivity index (χ2v) is 5.67. The Kier molecular flexibility index (Phi) is 4.28. The number of hydrogen-bond acceptors (Lipinski definition) is 4. The number of hydrogen-bond donors (Lipinski definition) is 2. The van der Waals surface area contributed by atoms with E-state index >= 15 is 0 Å². The molecule has 0 bridgehead atoms. The second kappa shape index (κ2) is 5.79. The fraction of sp³-hybridized carbons (Fsp3) is 0.600. The molecule has 0 atom stereocenters. The van der Waals surface area contributed by atoms with Crippen molar-refractivity contribution in [2.75, 3.05) is 25.6 Å². The van der Waals surface area contributed by atoms with Gasteiger partial charge in [-0.2, -0.15) is 0 Å². The Balaban J connectivity index is 2.11. The van der Waals surface area contributed by atoms with Crippen LogP contribution in [0.4, 0.5) is 5.69 Å². The summed E-state index contributed by atoms with van der Waals surface area (Å²) in [6.45, 7) is 5.16. The lowest BCUT2D eigenvalue weighted by atomic mass is 10.0. The molecule has 2 N–H and O–H groups in total. The predicted octanol–water partition coefficient (Wildman–Crippen LogP) is 2.63. The third-order valence-electron chi connectivity index (χ3n) is 3.99. The van der Waals surface area contributed by atoms with Crippen LogP contribution in [0, 0.1) is 19.3 Å². The SMILES string of the molecule is COCCC1(CNc2cc(C)nc(C)c2C(=O)O)CC1. The number of rotatable bonds is 7. The molecular weight excluding hydrogens is 256 g/mol. The number of carbonyl (C=O) groups is 1. The maximum absolute atomic E-state index is 11.4. The minimum absolute atomic E-state index is 0.275. The number of ether oxygens (including phenoxy) is 1. The molecule has 5 nitrogen and oxygen atoms in total. The highest BCUT2D eigenvalue weighted by Gasteiger charge is 2.41. The Hall–Kier alpha value is -1.62. The van der Waals surface area contributed by atoms with Crippen molar-refractivity contribution in [3.8, 4) is 0 Å². The molecule has 110 valence electrons. The van der Waals surface area contributed by atoms with Crippen molar-refractivity contribution in [1.29, 1.82) is 0 Å². The summed E-state index contributed by atoms with van der Waals surface area (Å²) in [5, 5.41) is 12.6. The summed E-state index contributed by atoms with van der Waals surface area (Å²) in [5.74, 6) is -0.931. The summed E-state index contributed by atoms with van der Waals surface area (Å²) in [6, 6.07) is 1.81. The van der Waals surface area contributed by atoms with Gasteiger partial charge in [0.2, 0.25) is 0 Å². The first-order valence-corrected chi connectivity index (χ1v) is 6.92. The molecule has 1 fully saturated rings. The third kappa shape index (κ3) is 3.28. The number of aromatic carboxylic acids is 1. The van der Waals surface area contributed by atoms with E-state index in [4.69, 9.17) is 4.74 Å². The average Bonchev–Trinajstić information content (AvgIpc) is 3.13. The molecule has 1 aromatic rings. The second-order valence-electron chi connectivity index (χ2n) is 5.67. The largest absolute Gasteiger partial charge is 0.478 e. The number of aryl methyl sites for hydroxylation is 2. The van der Waals surface area contributed by atoms with E-state index in [0.29, 0.717) is 11.4 Å². The van der Waals surface area contributed by atoms with E-state index in [1.54, 1.807) is 14.0 Å². The maximum atomic E-state index is 11.4. The summed E-state index contributed by atoms with van der Waals surface area (Å²) in [7, 11) is 1.71. The van der Waals surface area contributed by atoms with Crippen LogP contribution in [0.3, 0.4) is 0 Å². The molecule has 20 heavy (non-hydrogen) atoms. The van der Waals surface area contributed by atoms with E-state index in [0.717, 1.165) is 25.3 Å². The average molecular weight is 278 g/mol. The van der Waals surface area contributed by atoms with Gasteiger partial charge in [-0.15, -0.1) is 0 Å². The molecule has 2 rings (SSSR count). The van der Waals surface area contributed by atoms with Gasteiger partial charge in [0.1, 0.15) is 5.56 Å². The summed E-state index contributed by atoms with van der Waals surface area (Å²) in [6.07, 6.45) is 3.37. The van der Waals surface area contributed by atoms with E-state index < -0.39 is 5.97 Å². The van der Waals surface area contributed by atoms with Crippen molar-refractivity contribution in [3.63, 3.8) is 0 Å². The molecule has 0 aliphatic heterocycles. The van der Waals surface area contributed by atoms with E-state index in [2.05, 4.69) is 10.3 Å². The zero-order valence-electron chi connectivity index (χ0n) is 12.3. The van der Waals surface area contributed by atoms with Gasteiger partial charge in [-0.25, -0.2) is 4.79 Å². The standard InChI is InChI=1S/C15H22N2O3/c1-10-8-12(13(14(18)19)11(2)17-10)16-9-15(4-5-15)6-7-20-3/h8H,4-7,9H2,1-3H3,(H,16,17)(H,18,19). The Morgan fingerprint density at radius 2 is 2.20 bits per heavy atom.